The summed E-state index contributed by atoms with van der Waals surface area (Å²) in [5, 5.41) is 11.5. The predicted molar refractivity (Wildman–Crippen MR) is 130 cm³/mol. The number of cyclic esters (lactones) is 1. The maximum atomic E-state index is 12.2. The van der Waals surface area contributed by atoms with E-state index in [0.29, 0.717) is 25.6 Å². The number of nitrogens with one attached hydrogen (secondary N) is 2. The van der Waals surface area contributed by atoms with E-state index in [2.05, 4.69) is 50.8 Å². The van der Waals surface area contributed by atoms with Gasteiger partial charge in [0.05, 0.1) is 37.1 Å². The third-order valence-electron chi connectivity index (χ3n) is 6.82. The van der Waals surface area contributed by atoms with Gasteiger partial charge in [-0.05, 0) is 59.9 Å². The first-order chi connectivity index (χ1) is 16.7. The average Bonchev–Trinajstić information content (AvgIpc) is 3.25. The third kappa shape index (κ3) is 4.15. The summed E-state index contributed by atoms with van der Waals surface area (Å²) >= 11 is 0. The van der Waals surface area contributed by atoms with Crippen LogP contribution in [0.15, 0.2) is 47.1 Å². The molecule has 3 aliphatic heterocycles. The smallest absolute Gasteiger partial charge is 0.407 e. The van der Waals surface area contributed by atoms with Gasteiger partial charge in [0.25, 0.3) is 0 Å². The van der Waals surface area contributed by atoms with E-state index in [1.165, 1.54) is 5.57 Å². The molecule has 0 unspecified atom stereocenters. The van der Waals surface area contributed by atoms with E-state index >= 15 is 0 Å². The van der Waals surface area contributed by atoms with Gasteiger partial charge in [-0.15, -0.1) is 0 Å². The first-order valence-corrected chi connectivity index (χ1v) is 11.9. The molecule has 2 bridgehead atoms. The van der Waals surface area contributed by atoms with E-state index in [1.54, 1.807) is 0 Å². The molecular weight excluding hydrogens is 432 g/mol. The Bertz CT molecular complexity index is 1230. The van der Waals surface area contributed by atoms with Crippen LogP contribution >= 0.6 is 0 Å². The molecule has 8 nitrogen and oxygen atoms in total. The van der Waals surface area contributed by atoms with Gasteiger partial charge in [0.1, 0.15) is 12.4 Å². The minimum absolute atomic E-state index is 0.172. The van der Waals surface area contributed by atoms with E-state index in [-0.39, 0.29) is 6.61 Å². The van der Waals surface area contributed by atoms with Gasteiger partial charge in [-0.2, -0.15) is 5.10 Å². The zero-order valence-corrected chi connectivity index (χ0v) is 19.0. The minimum Gasteiger partial charge on any atom is -0.493 e. The Morgan fingerprint density at radius 1 is 1.12 bits per heavy atom. The van der Waals surface area contributed by atoms with Crippen molar-refractivity contribution in [3.8, 4) is 5.75 Å². The summed E-state index contributed by atoms with van der Waals surface area (Å²) in [6, 6.07) is 4.52. The Balaban J connectivity index is 1.42. The molecule has 1 aromatic heterocycles. The standard InChI is InChI=1S/C26H28N4O4/c31-26-27-8-1-11-33-24-5-4-23-25-21(24)13-17(14-34-26)12-19(2-3-22(25)28-29-23)18-6-9-30(10-7-18)20-15-32-16-20/h2-6,12-13,20H,1,7-11,14-16H2,(H,27,31)(H,28,29). The van der Waals surface area contributed by atoms with Gasteiger partial charge in [0, 0.05) is 30.6 Å². The lowest BCUT2D eigenvalue weighted by Crippen LogP contribution is -2.50. The van der Waals surface area contributed by atoms with E-state index in [0.717, 1.165) is 71.8 Å². The van der Waals surface area contributed by atoms with Crippen LogP contribution in [-0.4, -0.2) is 73.3 Å². The van der Waals surface area contributed by atoms with Crippen LogP contribution in [0.1, 0.15) is 24.1 Å². The lowest BCUT2D eigenvalue weighted by Gasteiger charge is -2.39. The summed E-state index contributed by atoms with van der Waals surface area (Å²) in [6.07, 6.45) is 11.9. The molecule has 8 heteroatoms. The van der Waals surface area contributed by atoms with Gasteiger partial charge in [0.2, 0.25) is 0 Å². The van der Waals surface area contributed by atoms with Gasteiger partial charge < -0.3 is 19.5 Å². The molecule has 0 radical (unpaired) electrons. The maximum absolute atomic E-state index is 12.2. The minimum atomic E-state index is -0.412. The molecule has 1 fully saturated rings. The fourth-order valence-corrected chi connectivity index (χ4v) is 4.82. The highest BCUT2D eigenvalue weighted by atomic mass is 16.5. The maximum Gasteiger partial charge on any atom is 0.407 e. The van der Waals surface area contributed by atoms with Gasteiger partial charge in [-0.25, -0.2) is 4.79 Å². The second-order valence-corrected chi connectivity index (χ2v) is 9.03. The number of hydrogen-bond acceptors (Lipinski definition) is 6. The van der Waals surface area contributed by atoms with Crippen molar-refractivity contribution in [1.82, 2.24) is 20.4 Å². The van der Waals surface area contributed by atoms with Gasteiger partial charge in [-0.3, -0.25) is 10.00 Å². The lowest BCUT2D eigenvalue weighted by atomic mass is 9.95. The van der Waals surface area contributed by atoms with Crippen LogP contribution in [0.5, 0.6) is 5.75 Å². The van der Waals surface area contributed by atoms with Gasteiger partial charge in [-0.1, -0.05) is 12.2 Å². The zero-order valence-electron chi connectivity index (χ0n) is 19.0. The Kier molecular flexibility index (Phi) is 5.68. The first-order valence-electron chi connectivity index (χ1n) is 11.9. The molecule has 4 aliphatic rings. The second kappa shape index (κ2) is 9.12. The largest absolute Gasteiger partial charge is 0.493 e. The molecule has 1 saturated heterocycles. The summed E-state index contributed by atoms with van der Waals surface area (Å²) in [5.41, 5.74) is 6.07. The number of hydrogen-bond donors (Lipinski definition) is 2. The number of allylic oxidation sites excluding steroid dienone is 2. The van der Waals surface area contributed by atoms with Crippen LogP contribution in [0.25, 0.3) is 23.1 Å². The molecule has 176 valence electrons. The molecule has 2 aromatic rings. The second-order valence-electron chi connectivity index (χ2n) is 9.03. The molecule has 1 aliphatic carbocycles. The number of nitrogens with zero attached hydrogens (tertiary/aromatic N) is 2. The SMILES string of the molecule is O=C1NCCCOc2ccc3[nH]nc4c3c2C=C(C=C(C2=CCN(C3COC3)CC2)C=C4)CO1. The van der Waals surface area contributed by atoms with Gasteiger partial charge in [0.15, 0.2) is 0 Å². The van der Waals surface area contributed by atoms with Crippen molar-refractivity contribution >= 4 is 29.1 Å². The summed E-state index contributed by atoms with van der Waals surface area (Å²) in [5.74, 6) is 0.806. The van der Waals surface area contributed by atoms with Crippen molar-refractivity contribution in [1.29, 1.82) is 0 Å². The fourth-order valence-electron chi connectivity index (χ4n) is 4.82. The first kappa shape index (κ1) is 21.2. The number of carbonyl (C=O) groups excluding carboxylic acids is 1. The summed E-state index contributed by atoms with van der Waals surface area (Å²) in [7, 11) is 0. The van der Waals surface area contributed by atoms with Gasteiger partial charge >= 0.3 is 6.09 Å². The highest BCUT2D eigenvalue weighted by molar-refractivity contribution is 5.97. The number of aromatic amines is 1. The van der Waals surface area contributed by atoms with Crippen molar-refractivity contribution in [2.75, 3.05) is 46.1 Å². The number of rotatable bonds is 2. The van der Waals surface area contributed by atoms with Crippen LogP contribution in [0.2, 0.25) is 0 Å². The Labute approximate surface area is 197 Å². The zero-order chi connectivity index (χ0) is 22.9. The molecule has 6 rings (SSSR count). The fraction of sp³-hybridized carbons (Fsp3) is 0.385. The Hall–Kier alpha value is -3.36. The quantitative estimate of drug-likeness (QED) is 0.714. The number of carbonyl (C=O) groups is 1. The Morgan fingerprint density at radius 3 is 2.88 bits per heavy atom. The van der Waals surface area contributed by atoms with Crippen molar-refractivity contribution in [2.24, 2.45) is 0 Å². The van der Waals surface area contributed by atoms with Crippen molar-refractivity contribution in [2.45, 2.75) is 18.9 Å². The summed E-state index contributed by atoms with van der Waals surface area (Å²) in [6.45, 7) is 4.76. The van der Waals surface area contributed by atoms with Crippen LogP contribution in [0.4, 0.5) is 4.79 Å². The summed E-state index contributed by atoms with van der Waals surface area (Å²) < 4.78 is 17.1. The highest BCUT2D eigenvalue weighted by Crippen LogP contribution is 2.35. The van der Waals surface area contributed by atoms with E-state index in [1.807, 2.05) is 12.1 Å². The normalized spacial score (nSPS) is 21.9. The van der Waals surface area contributed by atoms with Crippen LogP contribution in [0, 0.1) is 0 Å². The molecule has 0 spiro atoms. The number of amides is 1. The number of aromatic nitrogens is 2. The van der Waals surface area contributed by atoms with Crippen molar-refractivity contribution in [3.63, 3.8) is 0 Å². The number of H-pyrrole nitrogens is 1. The lowest BCUT2D eigenvalue weighted by molar-refractivity contribution is -0.0619. The van der Waals surface area contributed by atoms with Crippen LogP contribution < -0.4 is 10.1 Å². The number of ether oxygens (including phenoxy) is 3. The van der Waals surface area contributed by atoms with Crippen molar-refractivity contribution in [3.05, 3.63) is 58.3 Å². The molecule has 2 N–H and O–H groups in total. The highest BCUT2D eigenvalue weighted by Gasteiger charge is 2.27. The van der Waals surface area contributed by atoms with E-state index in [9.17, 15) is 4.79 Å². The van der Waals surface area contributed by atoms with Crippen LogP contribution in [-0.2, 0) is 9.47 Å². The molecule has 1 amide bonds. The third-order valence-corrected chi connectivity index (χ3v) is 6.82. The summed E-state index contributed by atoms with van der Waals surface area (Å²) in [4.78, 5) is 14.7. The molecule has 34 heavy (non-hydrogen) atoms. The Morgan fingerprint density at radius 2 is 2.06 bits per heavy atom. The molecule has 1 aromatic carbocycles. The molecular formula is C26H28N4O4. The monoisotopic (exact) mass is 460 g/mol. The van der Waals surface area contributed by atoms with E-state index < -0.39 is 6.09 Å². The van der Waals surface area contributed by atoms with Crippen molar-refractivity contribution < 1.29 is 19.0 Å². The average molecular weight is 461 g/mol. The van der Waals surface area contributed by atoms with E-state index in [4.69, 9.17) is 14.2 Å². The molecule has 0 saturated carbocycles. The van der Waals surface area contributed by atoms with Crippen LogP contribution in [0.3, 0.4) is 0 Å². The molecule has 0 atom stereocenters. The number of benzene rings is 1. The molecule has 4 heterocycles. The topological polar surface area (TPSA) is 88.7 Å². The predicted octanol–water partition coefficient (Wildman–Crippen LogP) is 3.44. The number of alkyl carbamates (subject to hydrolysis) is 1.